The van der Waals surface area contributed by atoms with Crippen LogP contribution >= 0.6 is 11.6 Å². The molecule has 24 rings (SSSR count). The van der Waals surface area contributed by atoms with E-state index in [0.29, 0.717) is 0 Å². The van der Waals surface area contributed by atoms with E-state index in [0.717, 1.165) is 38.8 Å². The number of anilines is 5. The van der Waals surface area contributed by atoms with Crippen molar-refractivity contribution in [2.24, 2.45) is 0 Å². The van der Waals surface area contributed by atoms with Crippen LogP contribution in [0, 0.1) is 0 Å². The summed E-state index contributed by atoms with van der Waals surface area (Å²) in [5.41, 5.74) is 41.2. The van der Waals surface area contributed by atoms with Gasteiger partial charge in [0.25, 0.3) is 0 Å². The van der Waals surface area contributed by atoms with Crippen molar-refractivity contribution in [2.75, 3.05) is 10.2 Å². The molecule has 0 fully saturated rings. The molecule has 2 nitrogen and oxygen atoms in total. The van der Waals surface area contributed by atoms with Crippen molar-refractivity contribution in [3.05, 3.63) is 545 Å². The third-order valence-electron chi connectivity index (χ3n) is 27.4. The van der Waals surface area contributed by atoms with Crippen LogP contribution in [0.3, 0.4) is 0 Å². The molecule has 0 radical (unpaired) electrons. The standard InChI is InChI=1S/C62H45N.C38H27Cl.C24H19N/c1-61(2)55-23-11-13-25-57(55)62(58-26-14-12-24-56(58)61)54-22-10-9-20-53(54)60-52(21-15-27-59(60)62)48-29-28-47-41-51(39-34-46(47)40-48)63(49-35-30-44(31-36-49)42-16-5-3-6-17-42)50-37-32-45(33-38-50)43-18-7-4-8-19-43;1-37(2)31-13-5-7-15-33(31)38(34-16-8-6-14-32(34)37)30-12-4-3-10-29(30)36-28(11-9-17-35(36)38)26-19-18-25-23-27(39)21-20-24(25)22-26;1-3-7-19(8-4-1)21-11-15-23(16-12-21)25-24-17-13-22(14-18-24)20-9-5-2-6-10-20/h3-41H,1-2H3;3-23H,1-2H3;1-18,25H. The summed E-state index contributed by atoms with van der Waals surface area (Å²) in [4.78, 5) is 2.37. The first-order valence-electron chi connectivity index (χ1n) is 44.2. The molecule has 2 spiro atoms. The van der Waals surface area contributed by atoms with Crippen molar-refractivity contribution in [3.8, 4) is 89.0 Å². The van der Waals surface area contributed by atoms with Crippen molar-refractivity contribution in [1.29, 1.82) is 0 Å². The number of hydrogen-bond donors (Lipinski definition) is 1. The molecule has 0 atom stereocenters. The molecule has 0 saturated heterocycles. The van der Waals surface area contributed by atoms with E-state index in [1.807, 2.05) is 24.3 Å². The maximum atomic E-state index is 6.29. The molecule has 4 aliphatic rings. The van der Waals surface area contributed by atoms with Crippen LogP contribution in [0.25, 0.3) is 111 Å². The molecule has 3 heteroatoms. The van der Waals surface area contributed by atoms with Crippen LogP contribution < -0.4 is 10.2 Å². The first-order valence-corrected chi connectivity index (χ1v) is 44.6. The Hall–Kier alpha value is -15.2. The predicted octanol–water partition coefficient (Wildman–Crippen LogP) is 33.2. The van der Waals surface area contributed by atoms with Crippen LogP contribution in [-0.4, -0.2) is 0 Å². The van der Waals surface area contributed by atoms with E-state index in [-0.39, 0.29) is 16.2 Å². The van der Waals surface area contributed by atoms with Gasteiger partial charge in [-0.05, 0) is 262 Å². The molecule has 0 unspecified atom stereocenters. The summed E-state index contributed by atoms with van der Waals surface area (Å²) < 4.78 is 0. The molecule has 20 aromatic carbocycles. The molecule has 4 aliphatic carbocycles. The van der Waals surface area contributed by atoms with E-state index in [1.165, 1.54) is 172 Å². The van der Waals surface area contributed by atoms with Gasteiger partial charge in [0.2, 0.25) is 0 Å². The number of fused-ring (bicyclic) bond motifs is 20. The second kappa shape index (κ2) is 31.9. The fourth-order valence-corrected chi connectivity index (χ4v) is 21.6. The van der Waals surface area contributed by atoms with Gasteiger partial charge in [-0.1, -0.05) is 428 Å². The quantitative estimate of drug-likeness (QED) is 0.139. The molecule has 0 heterocycles. The third-order valence-corrected chi connectivity index (χ3v) is 27.6. The number of rotatable bonds is 11. The minimum absolute atomic E-state index is 0.0899. The van der Waals surface area contributed by atoms with Crippen LogP contribution in [-0.2, 0) is 21.7 Å². The average Bonchev–Trinajstić information content (AvgIpc) is 1.54. The Morgan fingerprint density at radius 1 is 0.189 bits per heavy atom. The lowest BCUT2D eigenvalue weighted by molar-refractivity contribution is 0.563. The Morgan fingerprint density at radius 3 is 0.803 bits per heavy atom. The fraction of sp³-hybridized carbons (Fsp3) is 0.0645. The maximum Gasteiger partial charge on any atom is 0.0719 e. The van der Waals surface area contributed by atoms with Crippen molar-refractivity contribution in [3.63, 3.8) is 0 Å². The summed E-state index contributed by atoms with van der Waals surface area (Å²) in [6.45, 7) is 9.52. The van der Waals surface area contributed by atoms with Gasteiger partial charge in [-0.3, -0.25) is 0 Å². The van der Waals surface area contributed by atoms with Crippen LogP contribution in [0.4, 0.5) is 28.4 Å². The lowest BCUT2D eigenvalue weighted by Gasteiger charge is -2.46. The summed E-state index contributed by atoms with van der Waals surface area (Å²) in [5.74, 6) is 0. The molecule has 0 bridgehead atoms. The first kappa shape index (κ1) is 77.8. The van der Waals surface area contributed by atoms with E-state index in [9.17, 15) is 0 Å². The van der Waals surface area contributed by atoms with E-state index >= 15 is 0 Å². The molecule has 0 aliphatic heterocycles. The molecular formula is C124H91ClN2. The van der Waals surface area contributed by atoms with Crippen molar-refractivity contribution < 1.29 is 0 Å². The summed E-state index contributed by atoms with van der Waals surface area (Å²) >= 11 is 6.29. The largest absolute Gasteiger partial charge is 0.356 e. The van der Waals surface area contributed by atoms with Gasteiger partial charge in [-0.2, -0.15) is 0 Å². The highest BCUT2D eigenvalue weighted by atomic mass is 35.5. The van der Waals surface area contributed by atoms with Gasteiger partial charge in [-0.25, -0.2) is 0 Å². The second-order valence-electron chi connectivity index (χ2n) is 35.1. The van der Waals surface area contributed by atoms with Gasteiger partial charge in [0.05, 0.1) is 10.8 Å². The highest BCUT2D eigenvalue weighted by Gasteiger charge is 2.55. The molecule has 0 saturated carbocycles. The van der Waals surface area contributed by atoms with Gasteiger partial charge in [0.15, 0.2) is 0 Å². The SMILES string of the molecule is CC1(C)c2ccccc2C2(c3ccccc3-c3c(-c4ccc5cc(Cl)ccc5c4)cccc32)c2ccccc21.CC1(C)c2ccccc2C2(c3ccccc3-c3c(-c4ccc5cc(N(c6ccc(-c7ccccc7)cc6)c6ccc(-c7ccccc7)cc6)ccc5c4)cccc32)c2ccccc21.c1ccc(-c2ccc(Nc3ccc(-c4ccccc4)cc3)cc2)cc1. The number of halogens is 1. The number of hydrogen-bond acceptors (Lipinski definition) is 2. The monoisotopic (exact) mass is 1640 g/mol. The van der Waals surface area contributed by atoms with Crippen molar-refractivity contribution in [2.45, 2.75) is 49.4 Å². The Balaban J connectivity index is 0.000000126. The van der Waals surface area contributed by atoms with Crippen LogP contribution in [0.2, 0.25) is 5.02 Å². The maximum absolute atomic E-state index is 6.29. The zero-order chi connectivity index (χ0) is 85.4. The van der Waals surface area contributed by atoms with Crippen molar-refractivity contribution in [1.82, 2.24) is 0 Å². The Bertz CT molecular complexity index is 7300. The van der Waals surface area contributed by atoms with Gasteiger partial charge in [-0.15, -0.1) is 0 Å². The second-order valence-corrected chi connectivity index (χ2v) is 35.5. The molecule has 0 amide bonds. The Morgan fingerprint density at radius 2 is 0.441 bits per heavy atom. The lowest BCUT2D eigenvalue weighted by atomic mass is 9.55. The molecular weight excluding hydrogens is 1550 g/mol. The van der Waals surface area contributed by atoms with E-state index < -0.39 is 5.41 Å². The smallest absolute Gasteiger partial charge is 0.0719 e. The zero-order valence-corrected chi connectivity index (χ0v) is 72.1. The molecule has 127 heavy (non-hydrogen) atoms. The molecule has 20 aromatic rings. The van der Waals surface area contributed by atoms with Gasteiger partial charge >= 0.3 is 0 Å². The summed E-state index contributed by atoms with van der Waals surface area (Å²) in [7, 11) is 0. The predicted molar refractivity (Wildman–Crippen MR) is 535 cm³/mol. The highest BCUT2D eigenvalue weighted by Crippen LogP contribution is 2.66. The topological polar surface area (TPSA) is 15.3 Å². The van der Waals surface area contributed by atoms with E-state index in [2.05, 4.69) is 487 Å². The minimum Gasteiger partial charge on any atom is -0.356 e. The van der Waals surface area contributed by atoms with E-state index in [1.54, 1.807) is 0 Å². The van der Waals surface area contributed by atoms with Gasteiger partial charge < -0.3 is 10.2 Å². The highest BCUT2D eigenvalue weighted by molar-refractivity contribution is 6.31. The van der Waals surface area contributed by atoms with Gasteiger partial charge in [0, 0.05) is 44.3 Å². The molecule has 1 N–H and O–H groups in total. The van der Waals surface area contributed by atoms with Gasteiger partial charge in [0.1, 0.15) is 0 Å². The van der Waals surface area contributed by atoms with Crippen molar-refractivity contribution >= 4 is 61.6 Å². The Labute approximate surface area is 749 Å². The fourth-order valence-electron chi connectivity index (χ4n) is 21.5. The summed E-state index contributed by atoms with van der Waals surface area (Å²) in [6.07, 6.45) is 0. The number of nitrogens with zero attached hydrogens (tertiary/aromatic N) is 1. The van der Waals surface area contributed by atoms with Crippen LogP contribution in [0.5, 0.6) is 0 Å². The summed E-state index contributed by atoms with van der Waals surface area (Å²) in [6, 6.07) is 173. The molecule has 604 valence electrons. The number of nitrogens with one attached hydrogen (secondary N) is 1. The minimum atomic E-state index is -0.418. The van der Waals surface area contributed by atoms with E-state index in [4.69, 9.17) is 11.6 Å². The number of benzene rings is 20. The Kier molecular flexibility index (Phi) is 19.5. The van der Waals surface area contributed by atoms with Crippen LogP contribution in [0.1, 0.15) is 94.5 Å². The average molecular weight is 1640 g/mol. The van der Waals surface area contributed by atoms with Crippen LogP contribution in [0.15, 0.2) is 473 Å². The third kappa shape index (κ3) is 13.2. The zero-order valence-electron chi connectivity index (χ0n) is 71.4. The normalized spacial score (nSPS) is 13.6. The molecule has 0 aromatic heterocycles. The first-order chi connectivity index (χ1) is 62.4. The lowest BCUT2D eigenvalue weighted by Crippen LogP contribution is -2.40. The summed E-state index contributed by atoms with van der Waals surface area (Å²) in [5, 5.41) is 9.00.